The summed E-state index contributed by atoms with van der Waals surface area (Å²) in [6, 6.07) is 7.99. The van der Waals surface area contributed by atoms with Crippen molar-refractivity contribution >= 4 is 34.2 Å². The van der Waals surface area contributed by atoms with Crippen molar-refractivity contribution in [1.29, 1.82) is 0 Å². The average molecular weight is 400 g/mol. The molecular weight excluding hydrogens is 380 g/mol. The molecule has 2 aromatic rings. The number of carbonyl (C=O) groups is 1. The first-order valence-electron chi connectivity index (χ1n) is 7.35. The first-order valence-corrected chi connectivity index (χ1v) is 8.14. The molecule has 1 saturated heterocycles. The Hall–Kier alpha value is -1.37. The molecule has 1 aromatic heterocycles. The molecule has 0 spiro atoms. The largest absolute Gasteiger partial charge is 0.352 e. The van der Waals surface area contributed by atoms with Gasteiger partial charge in [0.1, 0.15) is 0 Å². The quantitative estimate of drug-likeness (QED) is 0.829. The first kappa shape index (κ1) is 18.0. The number of aryl methyl sites for hydroxylation is 1. The lowest BCUT2D eigenvalue weighted by Gasteiger charge is -2.17. The summed E-state index contributed by atoms with van der Waals surface area (Å²) in [5.41, 5.74) is 2.22. The van der Waals surface area contributed by atoms with Gasteiger partial charge in [-0.3, -0.25) is 9.48 Å². The lowest BCUT2D eigenvalue weighted by molar-refractivity contribution is -0.125. The van der Waals surface area contributed by atoms with Gasteiger partial charge in [0.05, 0.1) is 12.1 Å². The second-order valence-corrected chi connectivity index (χ2v) is 6.58. The SMILES string of the molecule is Cl.Cn1cc([C@H]2CNC[C@@H]2C(=O)NCc2ccc(Br)cc2)cn1. The van der Waals surface area contributed by atoms with E-state index in [1.165, 1.54) is 0 Å². The van der Waals surface area contributed by atoms with Crippen molar-refractivity contribution in [2.45, 2.75) is 12.5 Å². The van der Waals surface area contributed by atoms with Crippen LogP contribution in [0.4, 0.5) is 0 Å². The average Bonchev–Trinajstić information content (AvgIpc) is 3.14. The number of nitrogens with zero attached hydrogens (tertiary/aromatic N) is 2. The Labute approximate surface area is 150 Å². The van der Waals surface area contributed by atoms with Gasteiger partial charge in [-0.1, -0.05) is 28.1 Å². The molecule has 124 valence electrons. The Balaban J connectivity index is 0.00000192. The number of carbonyl (C=O) groups excluding carboxylic acids is 1. The zero-order chi connectivity index (χ0) is 15.5. The van der Waals surface area contributed by atoms with Crippen LogP contribution in [0.15, 0.2) is 41.1 Å². The highest BCUT2D eigenvalue weighted by Gasteiger charge is 2.34. The number of amides is 1. The Morgan fingerprint density at radius 2 is 2.13 bits per heavy atom. The van der Waals surface area contributed by atoms with Crippen LogP contribution >= 0.6 is 28.3 Å². The summed E-state index contributed by atoms with van der Waals surface area (Å²) in [6.07, 6.45) is 3.85. The van der Waals surface area contributed by atoms with Gasteiger partial charge in [-0.25, -0.2) is 0 Å². The van der Waals surface area contributed by atoms with Crippen molar-refractivity contribution in [1.82, 2.24) is 20.4 Å². The first-order chi connectivity index (χ1) is 10.6. The van der Waals surface area contributed by atoms with Crippen molar-refractivity contribution in [3.63, 3.8) is 0 Å². The van der Waals surface area contributed by atoms with E-state index < -0.39 is 0 Å². The highest BCUT2D eigenvalue weighted by molar-refractivity contribution is 9.10. The molecule has 0 saturated carbocycles. The summed E-state index contributed by atoms with van der Waals surface area (Å²) in [5, 5.41) is 10.6. The second kappa shape index (κ2) is 7.95. The zero-order valence-electron chi connectivity index (χ0n) is 12.8. The summed E-state index contributed by atoms with van der Waals surface area (Å²) in [7, 11) is 1.90. The van der Waals surface area contributed by atoms with Gasteiger partial charge in [-0.05, 0) is 23.3 Å². The Morgan fingerprint density at radius 1 is 1.39 bits per heavy atom. The van der Waals surface area contributed by atoms with E-state index in [0.29, 0.717) is 13.1 Å². The van der Waals surface area contributed by atoms with Gasteiger partial charge >= 0.3 is 0 Å². The van der Waals surface area contributed by atoms with Crippen molar-refractivity contribution < 1.29 is 4.79 Å². The minimum absolute atomic E-state index is 0. The topological polar surface area (TPSA) is 59.0 Å². The predicted molar refractivity (Wildman–Crippen MR) is 95.5 cm³/mol. The van der Waals surface area contributed by atoms with E-state index in [1.807, 2.05) is 43.7 Å². The van der Waals surface area contributed by atoms with E-state index in [2.05, 4.69) is 31.7 Å². The summed E-state index contributed by atoms with van der Waals surface area (Å²) < 4.78 is 2.82. The molecule has 0 radical (unpaired) electrons. The lowest BCUT2D eigenvalue weighted by atomic mass is 9.90. The molecule has 3 rings (SSSR count). The fraction of sp³-hybridized carbons (Fsp3) is 0.375. The van der Waals surface area contributed by atoms with E-state index in [1.54, 1.807) is 4.68 Å². The smallest absolute Gasteiger partial charge is 0.225 e. The summed E-state index contributed by atoms with van der Waals surface area (Å²) >= 11 is 3.41. The Bertz CT molecular complexity index is 658. The van der Waals surface area contributed by atoms with Gasteiger partial charge in [-0.15, -0.1) is 12.4 Å². The molecule has 1 amide bonds. The fourth-order valence-electron chi connectivity index (χ4n) is 2.86. The Kier molecular flexibility index (Phi) is 6.21. The van der Waals surface area contributed by atoms with Crippen LogP contribution < -0.4 is 10.6 Å². The van der Waals surface area contributed by atoms with Crippen molar-refractivity contribution in [3.8, 4) is 0 Å². The van der Waals surface area contributed by atoms with Crippen LogP contribution in [0.25, 0.3) is 0 Å². The summed E-state index contributed by atoms with van der Waals surface area (Å²) in [6.45, 7) is 2.09. The molecule has 23 heavy (non-hydrogen) atoms. The number of hydrogen-bond acceptors (Lipinski definition) is 3. The van der Waals surface area contributed by atoms with Crippen LogP contribution in [-0.2, 0) is 18.4 Å². The maximum absolute atomic E-state index is 12.5. The summed E-state index contributed by atoms with van der Waals surface area (Å²) in [5.74, 6) is 0.250. The van der Waals surface area contributed by atoms with E-state index in [9.17, 15) is 4.79 Å². The summed E-state index contributed by atoms with van der Waals surface area (Å²) in [4.78, 5) is 12.5. The molecule has 0 bridgehead atoms. The maximum atomic E-state index is 12.5. The monoisotopic (exact) mass is 398 g/mol. The number of nitrogens with one attached hydrogen (secondary N) is 2. The molecule has 1 aliphatic rings. The normalized spacial score (nSPS) is 20.1. The maximum Gasteiger partial charge on any atom is 0.225 e. The van der Waals surface area contributed by atoms with Crippen molar-refractivity contribution in [2.75, 3.05) is 13.1 Å². The number of hydrogen-bond donors (Lipinski definition) is 2. The molecule has 2 N–H and O–H groups in total. The van der Waals surface area contributed by atoms with Gasteiger partial charge in [0.15, 0.2) is 0 Å². The number of aromatic nitrogens is 2. The molecule has 0 unspecified atom stereocenters. The molecule has 0 aliphatic carbocycles. The van der Waals surface area contributed by atoms with Crippen LogP contribution in [0.5, 0.6) is 0 Å². The third kappa shape index (κ3) is 4.34. The minimum atomic E-state index is -0.0420. The highest BCUT2D eigenvalue weighted by atomic mass is 79.9. The van der Waals surface area contributed by atoms with E-state index in [4.69, 9.17) is 0 Å². The third-order valence-corrected chi connectivity index (χ3v) is 4.61. The molecule has 1 aromatic carbocycles. The van der Waals surface area contributed by atoms with Crippen molar-refractivity contribution in [2.24, 2.45) is 13.0 Å². The molecule has 5 nitrogen and oxygen atoms in total. The number of rotatable bonds is 4. The molecule has 1 fully saturated rings. The molecule has 2 atom stereocenters. The van der Waals surface area contributed by atoms with Crippen LogP contribution in [0, 0.1) is 5.92 Å². The van der Waals surface area contributed by atoms with Crippen LogP contribution in [0.3, 0.4) is 0 Å². The minimum Gasteiger partial charge on any atom is -0.352 e. The van der Waals surface area contributed by atoms with Gasteiger partial charge in [0, 0.05) is 43.3 Å². The fourth-order valence-corrected chi connectivity index (χ4v) is 3.12. The van der Waals surface area contributed by atoms with Gasteiger partial charge in [-0.2, -0.15) is 5.10 Å². The lowest BCUT2D eigenvalue weighted by Crippen LogP contribution is -2.33. The second-order valence-electron chi connectivity index (χ2n) is 5.66. The van der Waals surface area contributed by atoms with Crippen LogP contribution in [0.2, 0.25) is 0 Å². The van der Waals surface area contributed by atoms with Crippen LogP contribution in [0.1, 0.15) is 17.0 Å². The zero-order valence-corrected chi connectivity index (χ0v) is 15.2. The van der Waals surface area contributed by atoms with Crippen LogP contribution in [-0.4, -0.2) is 28.8 Å². The third-order valence-electron chi connectivity index (χ3n) is 4.08. The Morgan fingerprint density at radius 3 is 2.78 bits per heavy atom. The van der Waals surface area contributed by atoms with E-state index in [0.717, 1.165) is 22.1 Å². The van der Waals surface area contributed by atoms with Gasteiger partial charge in [0.25, 0.3) is 0 Å². The standard InChI is InChI=1S/C16H19BrN4O.ClH/c1-21-10-12(7-20-21)14-8-18-9-15(14)16(22)19-6-11-2-4-13(17)5-3-11;/h2-5,7,10,14-15,18H,6,8-9H2,1H3,(H,19,22);1H/t14-,15+;/m1./s1. The molecule has 7 heteroatoms. The van der Waals surface area contributed by atoms with Gasteiger partial charge < -0.3 is 10.6 Å². The highest BCUT2D eigenvalue weighted by Crippen LogP contribution is 2.27. The van der Waals surface area contributed by atoms with E-state index in [-0.39, 0.29) is 30.2 Å². The number of benzene rings is 1. The molecule has 1 aliphatic heterocycles. The predicted octanol–water partition coefficient (Wildman–Crippen LogP) is 2.22. The van der Waals surface area contributed by atoms with E-state index >= 15 is 0 Å². The molecular formula is C16H20BrClN4O. The number of halogens is 2. The van der Waals surface area contributed by atoms with Gasteiger partial charge in [0.2, 0.25) is 5.91 Å². The molecule has 2 heterocycles. The van der Waals surface area contributed by atoms with Crippen molar-refractivity contribution in [3.05, 3.63) is 52.3 Å².